The summed E-state index contributed by atoms with van der Waals surface area (Å²) in [5, 5.41) is 0.378. The molecule has 17 heavy (non-hydrogen) atoms. The molecule has 4 nitrogen and oxygen atoms in total. The molecule has 0 N–H and O–H groups in total. The van der Waals surface area contributed by atoms with Gasteiger partial charge >= 0.3 is 5.97 Å². The molecule has 1 aromatic rings. The van der Waals surface area contributed by atoms with Crippen molar-refractivity contribution in [2.45, 2.75) is 13.3 Å². The third-order valence-corrected chi connectivity index (χ3v) is 2.36. The van der Waals surface area contributed by atoms with E-state index in [9.17, 15) is 4.79 Å². The summed E-state index contributed by atoms with van der Waals surface area (Å²) >= 11 is 5.00. The van der Waals surface area contributed by atoms with E-state index in [4.69, 9.17) is 21.7 Å². The third kappa shape index (κ3) is 4.40. The Balaban J connectivity index is 2.62. The van der Waals surface area contributed by atoms with E-state index in [1.807, 2.05) is 0 Å². The SMILES string of the molecule is CCC(=O)Oc1ccc(OC(=S)N(C)C)cc1. The standard InChI is InChI=1S/C12H15NO3S/c1-4-11(14)15-9-5-7-10(8-6-9)16-12(17)13(2)3/h5-8H,4H2,1-3H3. The third-order valence-electron chi connectivity index (χ3n) is 1.91. The number of esters is 1. The van der Waals surface area contributed by atoms with Crippen molar-refractivity contribution in [3.8, 4) is 11.5 Å². The Morgan fingerprint density at radius 2 is 1.65 bits per heavy atom. The van der Waals surface area contributed by atoms with Crippen LogP contribution in [0.5, 0.6) is 11.5 Å². The molecule has 0 spiro atoms. The predicted molar refractivity (Wildman–Crippen MR) is 69.3 cm³/mol. The molecule has 0 saturated carbocycles. The van der Waals surface area contributed by atoms with Crippen molar-refractivity contribution in [2.75, 3.05) is 14.1 Å². The van der Waals surface area contributed by atoms with Crippen LogP contribution in [0.4, 0.5) is 0 Å². The Morgan fingerprint density at radius 1 is 1.18 bits per heavy atom. The Hall–Kier alpha value is -1.62. The molecule has 0 aliphatic heterocycles. The van der Waals surface area contributed by atoms with Crippen molar-refractivity contribution in [1.82, 2.24) is 4.90 Å². The Morgan fingerprint density at radius 3 is 2.06 bits per heavy atom. The highest BCUT2D eigenvalue weighted by Gasteiger charge is 2.04. The van der Waals surface area contributed by atoms with Gasteiger partial charge in [-0.3, -0.25) is 4.79 Å². The number of hydrogen-bond acceptors (Lipinski definition) is 4. The molecule has 0 aliphatic carbocycles. The van der Waals surface area contributed by atoms with E-state index < -0.39 is 0 Å². The van der Waals surface area contributed by atoms with Gasteiger partial charge in [0.25, 0.3) is 5.17 Å². The van der Waals surface area contributed by atoms with Crippen LogP contribution in [0.1, 0.15) is 13.3 Å². The monoisotopic (exact) mass is 253 g/mol. The van der Waals surface area contributed by atoms with Crippen LogP contribution in [0.2, 0.25) is 0 Å². The number of nitrogens with zero attached hydrogens (tertiary/aromatic N) is 1. The normalized spacial score (nSPS) is 9.59. The van der Waals surface area contributed by atoms with Crippen molar-refractivity contribution in [3.05, 3.63) is 24.3 Å². The molecule has 0 fully saturated rings. The van der Waals surface area contributed by atoms with Crippen LogP contribution in [0.15, 0.2) is 24.3 Å². The first-order valence-corrected chi connectivity index (χ1v) is 5.63. The van der Waals surface area contributed by atoms with Gasteiger partial charge in [0, 0.05) is 20.5 Å². The molecule has 0 radical (unpaired) electrons. The number of carbonyl (C=O) groups is 1. The van der Waals surface area contributed by atoms with Gasteiger partial charge in [-0.25, -0.2) is 0 Å². The minimum atomic E-state index is -0.262. The van der Waals surface area contributed by atoms with Crippen molar-refractivity contribution in [1.29, 1.82) is 0 Å². The van der Waals surface area contributed by atoms with Crippen LogP contribution < -0.4 is 9.47 Å². The fraction of sp³-hybridized carbons (Fsp3) is 0.333. The second kappa shape index (κ2) is 6.20. The van der Waals surface area contributed by atoms with E-state index in [0.717, 1.165) is 0 Å². The summed E-state index contributed by atoms with van der Waals surface area (Å²) < 4.78 is 10.4. The molecule has 0 aliphatic rings. The predicted octanol–water partition coefficient (Wildman–Crippen LogP) is 2.23. The van der Waals surface area contributed by atoms with E-state index in [-0.39, 0.29) is 5.97 Å². The molecule has 0 heterocycles. The first-order valence-electron chi connectivity index (χ1n) is 5.22. The van der Waals surface area contributed by atoms with Crippen molar-refractivity contribution in [3.63, 3.8) is 0 Å². The van der Waals surface area contributed by atoms with Crippen LogP contribution in [0.25, 0.3) is 0 Å². The lowest BCUT2D eigenvalue weighted by Gasteiger charge is -2.14. The van der Waals surface area contributed by atoms with Gasteiger partial charge in [0.2, 0.25) is 0 Å². The fourth-order valence-electron chi connectivity index (χ4n) is 0.971. The quantitative estimate of drug-likeness (QED) is 0.469. The second-order valence-corrected chi connectivity index (χ2v) is 3.91. The summed E-state index contributed by atoms with van der Waals surface area (Å²) in [7, 11) is 3.61. The molecule has 1 rings (SSSR count). The average molecular weight is 253 g/mol. The molecular weight excluding hydrogens is 238 g/mol. The lowest BCUT2D eigenvalue weighted by Crippen LogP contribution is -2.24. The minimum absolute atomic E-state index is 0.262. The zero-order valence-corrected chi connectivity index (χ0v) is 10.9. The van der Waals surface area contributed by atoms with E-state index in [1.165, 1.54) is 0 Å². The largest absolute Gasteiger partial charge is 0.432 e. The fourth-order valence-corrected chi connectivity index (χ4v) is 1.07. The number of hydrogen-bond donors (Lipinski definition) is 0. The zero-order chi connectivity index (χ0) is 12.8. The van der Waals surface area contributed by atoms with Crippen LogP contribution >= 0.6 is 12.2 Å². The van der Waals surface area contributed by atoms with Gasteiger partial charge in [-0.1, -0.05) is 6.92 Å². The summed E-state index contributed by atoms with van der Waals surface area (Å²) in [6.07, 6.45) is 0.350. The molecule has 0 aromatic heterocycles. The van der Waals surface area contributed by atoms with Crippen LogP contribution in [0, 0.1) is 0 Å². The van der Waals surface area contributed by atoms with E-state index in [2.05, 4.69) is 0 Å². The van der Waals surface area contributed by atoms with Gasteiger partial charge in [-0.15, -0.1) is 0 Å². The summed E-state index contributed by atoms with van der Waals surface area (Å²) in [5.74, 6) is 0.849. The van der Waals surface area contributed by atoms with E-state index >= 15 is 0 Å². The van der Waals surface area contributed by atoms with Gasteiger partial charge in [-0.2, -0.15) is 0 Å². The van der Waals surface area contributed by atoms with Crippen LogP contribution in [-0.4, -0.2) is 30.1 Å². The van der Waals surface area contributed by atoms with E-state index in [0.29, 0.717) is 23.1 Å². The molecule has 92 valence electrons. The molecule has 0 unspecified atom stereocenters. The van der Waals surface area contributed by atoms with Gasteiger partial charge in [0.15, 0.2) is 0 Å². The highest BCUT2D eigenvalue weighted by molar-refractivity contribution is 7.80. The molecule has 0 saturated heterocycles. The van der Waals surface area contributed by atoms with Gasteiger partial charge in [0.1, 0.15) is 11.5 Å². The van der Waals surface area contributed by atoms with Crippen molar-refractivity contribution in [2.24, 2.45) is 0 Å². The molecule has 0 bridgehead atoms. The number of thiocarbonyl (C=S) groups is 1. The topological polar surface area (TPSA) is 38.8 Å². The summed E-state index contributed by atoms with van der Waals surface area (Å²) in [4.78, 5) is 12.7. The second-order valence-electron chi connectivity index (χ2n) is 3.56. The number of carbonyl (C=O) groups excluding carboxylic acids is 1. The lowest BCUT2D eigenvalue weighted by atomic mass is 10.3. The average Bonchev–Trinajstić information content (AvgIpc) is 2.31. The van der Waals surface area contributed by atoms with Gasteiger partial charge in [0.05, 0.1) is 0 Å². The lowest BCUT2D eigenvalue weighted by molar-refractivity contribution is -0.134. The molecule has 1 aromatic carbocycles. The van der Waals surface area contributed by atoms with Gasteiger partial charge in [-0.05, 0) is 36.5 Å². The smallest absolute Gasteiger partial charge is 0.310 e. The highest BCUT2D eigenvalue weighted by atomic mass is 32.1. The number of benzene rings is 1. The molecule has 0 amide bonds. The Kier molecular flexibility index (Phi) is 4.90. The Bertz CT molecular complexity index is 401. The maximum Gasteiger partial charge on any atom is 0.310 e. The van der Waals surface area contributed by atoms with E-state index in [1.54, 1.807) is 50.2 Å². The summed E-state index contributed by atoms with van der Waals surface area (Å²) in [6, 6.07) is 6.74. The first-order chi connectivity index (χ1) is 8.02. The number of rotatable bonds is 3. The summed E-state index contributed by atoms with van der Waals surface area (Å²) in [5.41, 5.74) is 0. The van der Waals surface area contributed by atoms with Crippen molar-refractivity contribution < 1.29 is 14.3 Å². The minimum Gasteiger partial charge on any atom is -0.432 e. The van der Waals surface area contributed by atoms with Crippen LogP contribution in [-0.2, 0) is 4.79 Å². The zero-order valence-electron chi connectivity index (χ0n) is 10.1. The van der Waals surface area contributed by atoms with Crippen LogP contribution in [0.3, 0.4) is 0 Å². The van der Waals surface area contributed by atoms with Crippen molar-refractivity contribution >= 4 is 23.4 Å². The maximum atomic E-state index is 11.1. The molecule has 5 heteroatoms. The van der Waals surface area contributed by atoms with Gasteiger partial charge < -0.3 is 14.4 Å². The Labute approximate surface area is 106 Å². The maximum absolute atomic E-state index is 11.1. The molecule has 0 atom stereocenters. The number of ether oxygens (including phenoxy) is 2. The highest BCUT2D eigenvalue weighted by Crippen LogP contribution is 2.18. The molecular formula is C12H15NO3S. The first kappa shape index (κ1) is 13.4. The summed E-state index contributed by atoms with van der Waals surface area (Å²) in [6.45, 7) is 1.75.